The summed E-state index contributed by atoms with van der Waals surface area (Å²) in [5.41, 5.74) is 2.00. The van der Waals surface area contributed by atoms with Gasteiger partial charge in [0.1, 0.15) is 5.75 Å². The van der Waals surface area contributed by atoms with E-state index in [4.69, 9.17) is 9.29 Å². The zero-order valence-electron chi connectivity index (χ0n) is 12.6. The predicted molar refractivity (Wildman–Crippen MR) is 73.0 cm³/mol. The molecule has 0 aromatic heterocycles. The summed E-state index contributed by atoms with van der Waals surface area (Å²) in [5, 5.41) is 3.16. The summed E-state index contributed by atoms with van der Waals surface area (Å²) in [7, 11) is -2.25. The first-order chi connectivity index (χ1) is 8.48. The summed E-state index contributed by atoms with van der Waals surface area (Å²) >= 11 is 0. The Morgan fingerprint density at radius 3 is 2.63 bits per heavy atom. The molecule has 1 aromatic rings. The molecule has 1 aromatic carbocycles. The van der Waals surface area contributed by atoms with Crippen LogP contribution in [-0.4, -0.2) is 32.4 Å². The quantitative estimate of drug-likeness (QED) is 0.386. The second kappa shape index (κ2) is 8.81. The molecule has 0 saturated carbocycles. The van der Waals surface area contributed by atoms with Gasteiger partial charge in [-0.25, -0.2) is 0 Å². The van der Waals surface area contributed by atoms with Gasteiger partial charge in [-0.1, -0.05) is 13.0 Å². The standard InChI is InChI=1S/C12H19NO4S.Na.H/c1-3-10-11(6-4-7-12(10)17-2)13-8-5-9-18(14,15)16;;/h4,6-7,13H,3,5,8-9H2,1-2H3,(H,14,15,16);;/q;+1;-1. The Morgan fingerprint density at radius 2 is 2.11 bits per heavy atom. The zero-order chi connectivity index (χ0) is 13.6. The van der Waals surface area contributed by atoms with Crippen molar-refractivity contribution in [1.82, 2.24) is 0 Å². The SMILES string of the molecule is CCc1c(NCCCS(=O)(=O)O)cccc1OC.[H-].[Na+]. The Morgan fingerprint density at radius 1 is 1.42 bits per heavy atom. The summed E-state index contributed by atoms with van der Waals surface area (Å²) in [6.07, 6.45) is 1.18. The largest absolute Gasteiger partial charge is 1.00 e. The van der Waals surface area contributed by atoms with Crippen molar-refractivity contribution in [3.63, 3.8) is 0 Å². The number of ether oxygens (including phenoxy) is 1. The molecule has 0 atom stereocenters. The number of hydrogen-bond acceptors (Lipinski definition) is 4. The average Bonchev–Trinajstić information content (AvgIpc) is 2.32. The van der Waals surface area contributed by atoms with E-state index < -0.39 is 10.1 Å². The van der Waals surface area contributed by atoms with Gasteiger partial charge in [0.25, 0.3) is 10.1 Å². The number of rotatable bonds is 7. The third-order valence-corrected chi connectivity index (χ3v) is 3.41. The number of nitrogens with one attached hydrogen (secondary N) is 1. The third-order valence-electron chi connectivity index (χ3n) is 2.60. The zero-order valence-corrected chi connectivity index (χ0v) is 14.5. The summed E-state index contributed by atoms with van der Waals surface area (Å²) < 4.78 is 35.0. The molecule has 0 fully saturated rings. The van der Waals surface area contributed by atoms with Crippen LogP contribution in [0, 0.1) is 0 Å². The monoisotopic (exact) mass is 297 g/mol. The van der Waals surface area contributed by atoms with Gasteiger partial charge in [-0.3, -0.25) is 4.55 Å². The van der Waals surface area contributed by atoms with Crippen molar-refractivity contribution in [2.24, 2.45) is 0 Å². The van der Waals surface area contributed by atoms with E-state index in [-0.39, 0.29) is 36.7 Å². The van der Waals surface area contributed by atoms with E-state index in [0.717, 1.165) is 23.4 Å². The number of hydrogen-bond donors (Lipinski definition) is 2. The van der Waals surface area contributed by atoms with Crippen molar-refractivity contribution < 1.29 is 48.7 Å². The molecule has 0 radical (unpaired) electrons. The van der Waals surface area contributed by atoms with E-state index >= 15 is 0 Å². The maximum atomic E-state index is 10.6. The molecule has 0 amide bonds. The van der Waals surface area contributed by atoms with Crippen molar-refractivity contribution >= 4 is 15.8 Å². The molecule has 0 heterocycles. The minimum Gasteiger partial charge on any atom is -1.00 e. The van der Waals surface area contributed by atoms with Crippen LogP contribution in [0.3, 0.4) is 0 Å². The molecular formula is C12H20NNaO4S. The van der Waals surface area contributed by atoms with Gasteiger partial charge in [0.2, 0.25) is 0 Å². The Labute approximate surface area is 138 Å². The van der Waals surface area contributed by atoms with Gasteiger partial charge in [0, 0.05) is 17.8 Å². The average molecular weight is 297 g/mol. The molecule has 0 aliphatic heterocycles. The first-order valence-corrected chi connectivity index (χ1v) is 7.43. The summed E-state index contributed by atoms with van der Waals surface area (Å²) in [6, 6.07) is 5.69. The molecule has 104 valence electrons. The Balaban J connectivity index is 0. The van der Waals surface area contributed by atoms with Crippen LogP contribution in [0.1, 0.15) is 20.3 Å². The van der Waals surface area contributed by atoms with Crippen molar-refractivity contribution in [1.29, 1.82) is 0 Å². The van der Waals surface area contributed by atoms with Gasteiger partial charge in [-0.2, -0.15) is 8.42 Å². The molecule has 0 spiro atoms. The van der Waals surface area contributed by atoms with E-state index in [1.165, 1.54) is 0 Å². The first-order valence-electron chi connectivity index (χ1n) is 5.83. The number of benzene rings is 1. The second-order valence-corrected chi connectivity index (χ2v) is 5.48. The molecule has 0 saturated heterocycles. The van der Waals surface area contributed by atoms with Crippen molar-refractivity contribution in [3.05, 3.63) is 23.8 Å². The topological polar surface area (TPSA) is 75.6 Å². The normalized spacial score (nSPS) is 10.7. The van der Waals surface area contributed by atoms with Crippen LogP contribution in [0.2, 0.25) is 0 Å². The maximum absolute atomic E-state index is 10.6. The van der Waals surface area contributed by atoms with Gasteiger partial charge in [-0.15, -0.1) is 0 Å². The van der Waals surface area contributed by atoms with Gasteiger partial charge in [-0.05, 0) is 25.0 Å². The van der Waals surface area contributed by atoms with Crippen molar-refractivity contribution in [2.75, 3.05) is 24.7 Å². The van der Waals surface area contributed by atoms with E-state index in [1.807, 2.05) is 25.1 Å². The Kier molecular flexibility index (Phi) is 8.69. The fourth-order valence-electron chi connectivity index (χ4n) is 1.76. The van der Waals surface area contributed by atoms with E-state index in [1.54, 1.807) is 7.11 Å². The van der Waals surface area contributed by atoms with Crippen LogP contribution in [0.5, 0.6) is 5.75 Å². The van der Waals surface area contributed by atoms with Crippen molar-refractivity contribution in [3.8, 4) is 5.75 Å². The third kappa shape index (κ3) is 6.63. The fraction of sp³-hybridized carbons (Fsp3) is 0.500. The van der Waals surface area contributed by atoms with E-state index in [2.05, 4.69) is 5.32 Å². The molecule has 7 heteroatoms. The number of anilines is 1. The van der Waals surface area contributed by atoms with Crippen LogP contribution >= 0.6 is 0 Å². The molecule has 0 bridgehead atoms. The van der Waals surface area contributed by atoms with Crippen LogP contribution in [-0.2, 0) is 16.5 Å². The fourth-order valence-corrected chi connectivity index (χ4v) is 2.27. The van der Waals surface area contributed by atoms with Gasteiger partial charge in [0.15, 0.2) is 0 Å². The molecule has 0 aliphatic carbocycles. The molecular weight excluding hydrogens is 277 g/mol. The molecule has 0 unspecified atom stereocenters. The summed E-state index contributed by atoms with van der Waals surface area (Å²) in [6.45, 7) is 2.52. The van der Waals surface area contributed by atoms with Gasteiger partial charge >= 0.3 is 29.6 Å². The summed E-state index contributed by atoms with van der Waals surface area (Å²) in [4.78, 5) is 0. The van der Waals surface area contributed by atoms with Crippen molar-refractivity contribution in [2.45, 2.75) is 19.8 Å². The molecule has 5 nitrogen and oxygen atoms in total. The molecule has 0 aliphatic rings. The minimum atomic E-state index is -3.87. The summed E-state index contributed by atoms with van der Waals surface area (Å²) in [5.74, 6) is 0.586. The van der Waals surface area contributed by atoms with Gasteiger partial charge in [0.05, 0.1) is 12.9 Å². The van der Waals surface area contributed by atoms with Gasteiger partial charge < -0.3 is 11.5 Å². The number of methoxy groups -OCH3 is 1. The Bertz CT molecular complexity index is 496. The van der Waals surface area contributed by atoms with Crippen LogP contribution < -0.4 is 39.6 Å². The van der Waals surface area contributed by atoms with Crippen LogP contribution in [0.4, 0.5) is 5.69 Å². The minimum absolute atomic E-state index is 0. The van der Waals surface area contributed by atoms with Crippen LogP contribution in [0.25, 0.3) is 0 Å². The maximum Gasteiger partial charge on any atom is 1.00 e. The van der Waals surface area contributed by atoms with E-state index in [9.17, 15) is 8.42 Å². The molecule has 2 N–H and O–H groups in total. The second-order valence-electron chi connectivity index (χ2n) is 3.91. The van der Waals surface area contributed by atoms with Crippen LogP contribution in [0.15, 0.2) is 18.2 Å². The van der Waals surface area contributed by atoms with E-state index in [0.29, 0.717) is 13.0 Å². The Hall–Kier alpha value is -0.270. The molecule has 19 heavy (non-hydrogen) atoms. The first kappa shape index (κ1) is 18.7. The predicted octanol–water partition coefficient (Wildman–Crippen LogP) is -0.936. The molecule has 1 rings (SSSR count). The smallest absolute Gasteiger partial charge is 1.00 e.